The fourth-order valence-electron chi connectivity index (χ4n) is 2.37. The molecule has 0 N–H and O–H groups in total. The van der Waals surface area contributed by atoms with Crippen LogP contribution in [-0.2, 0) is 5.75 Å². The number of halogens is 3. The van der Waals surface area contributed by atoms with Crippen molar-refractivity contribution in [1.29, 1.82) is 0 Å². The third kappa shape index (κ3) is 3.78. The summed E-state index contributed by atoms with van der Waals surface area (Å²) in [6, 6.07) is 6.40. The van der Waals surface area contributed by atoms with E-state index in [0.29, 0.717) is 39.0 Å². The number of imidazole rings is 1. The largest absolute Gasteiger partial charge is 0.493 e. The maximum absolute atomic E-state index is 12.8. The van der Waals surface area contributed by atoms with Gasteiger partial charge in [-0.1, -0.05) is 23.4 Å². The first-order valence-corrected chi connectivity index (χ1v) is 8.71. The first-order chi connectivity index (χ1) is 12.5. The summed E-state index contributed by atoms with van der Waals surface area (Å²) in [5.41, 5.74) is 1.43. The van der Waals surface area contributed by atoms with Gasteiger partial charge in [-0.15, -0.1) is 0 Å². The van der Waals surface area contributed by atoms with Crippen LogP contribution in [0.1, 0.15) is 5.69 Å². The molecule has 0 fully saturated rings. The Hall–Kier alpha value is -2.26. The lowest BCUT2D eigenvalue weighted by atomic mass is 10.3. The van der Waals surface area contributed by atoms with E-state index in [0.717, 1.165) is 4.73 Å². The number of aromatic nitrogens is 3. The Morgan fingerprint density at radius 2 is 2.04 bits per heavy atom. The van der Waals surface area contributed by atoms with Gasteiger partial charge in [0.2, 0.25) is 5.16 Å². The van der Waals surface area contributed by atoms with Crippen LogP contribution >= 0.6 is 23.4 Å². The van der Waals surface area contributed by atoms with Gasteiger partial charge in [0.1, 0.15) is 5.52 Å². The van der Waals surface area contributed by atoms with Crippen LogP contribution < -0.4 is 14.3 Å². The average Bonchev–Trinajstić information content (AvgIpc) is 2.95. The van der Waals surface area contributed by atoms with Crippen molar-refractivity contribution >= 4 is 34.4 Å². The number of hydrogen-bond acceptors (Lipinski definition) is 6. The smallest absolute Gasteiger partial charge is 0.405 e. The Labute approximate surface area is 157 Å². The lowest BCUT2D eigenvalue weighted by Gasteiger charge is -2.12. The topological polar surface area (TPSA) is 58.4 Å². The molecular formula is C16H14ClF2N3O3S. The van der Waals surface area contributed by atoms with Crippen LogP contribution in [0.4, 0.5) is 8.78 Å². The van der Waals surface area contributed by atoms with Crippen LogP contribution in [0.15, 0.2) is 35.6 Å². The summed E-state index contributed by atoms with van der Waals surface area (Å²) in [5.74, 6) is 1.31. The lowest BCUT2D eigenvalue weighted by Crippen LogP contribution is -2.17. The van der Waals surface area contributed by atoms with Gasteiger partial charge >= 0.3 is 6.61 Å². The van der Waals surface area contributed by atoms with Crippen molar-refractivity contribution in [2.24, 2.45) is 0 Å². The Bertz CT molecular complexity index is 923. The zero-order valence-electron chi connectivity index (χ0n) is 13.8. The summed E-state index contributed by atoms with van der Waals surface area (Å²) in [6.45, 7) is -2.99. The Kier molecular flexibility index (Phi) is 5.67. The number of hydrogen-bond donors (Lipinski definition) is 0. The highest BCUT2D eigenvalue weighted by atomic mass is 35.5. The van der Waals surface area contributed by atoms with Crippen molar-refractivity contribution in [3.63, 3.8) is 0 Å². The summed E-state index contributed by atoms with van der Waals surface area (Å²) in [6.07, 6.45) is 1.58. The average molecular weight is 402 g/mol. The van der Waals surface area contributed by atoms with Crippen molar-refractivity contribution in [3.05, 3.63) is 41.2 Å². The molecule has 26 heavy (non-hydrogen) atoms. The maximum atomic E-state index is 12.8. The number of methoxy groups -OCH3 is 2. The Morgan fingerprint density at radius 3 is 2.73 bits per heavy atom. The zero-order chi connectivity index (χ0) is 18.7. The highest BCUT2D eigenvalue weighted by Crippen LogP contribution is 2.34. The van der Waals surface area contributed by atoms with E-state index in [2.05, 4.69) is 14.8 Å². The van der Waals surface area contributed by atoms with E-state index in [4.69, 9.17) is 21.1 Å². The molecule has 138 valence electrons. The molecule has 0 aliphatic heterocycles. The molecule has 3 rings (SSSR count). The third-order valence-corrected chi connectivity index (χ3v) is 4.60. The van der Waals surface area contributed by atoms with E-state index < -0.39 is 6.61 Å². The molecule has 0 amide bonds. The van der Waals surface area contributed by atoms with Crippen molar-refractivity contribution in [2.45, 2.75) is 17.5 Å². The number of alkyl halides is 2. The number of thioether (sulfide) groups is 1. The predicted octanol–water partition coefficient (Wildman–Crippen LogP) is 4.05. The zero-order valence-corrected chi connectivity index (χ0v) is 15.4. The molecule has 10 heteroatoms. The van der Waals surface area contributed by atoms with Gasteiger partial charge in [0.15, 0.2) is 11.5 Å². The first kappa shape index (κ1) is 18.5. The van der Waals surface area contributed by atoms with Gasteiger partial charge in [0.25, 0.3) is 0 Å². The summed E-state index contributed by atoms with van der Waals surface area (Å²) >= 11 is 7.12. The SMILES string of the molecule is COc1ccnc(CSc2nc3cc(Cl)ccc3n2OC(F)F)c1OC. The monoisotopic (exact) mass is 401 g/mol. The normalized spacial score (nSPS) is 11.2. The van der Waals surface area contributed by atoms with E-state index in [-0.39, 0.29) is 5.16 Å². The van der Waals surface area contributed by atoms with Crippen molar-refractivity contribution in [2.75, 3.05) is 14.2 Å². The number of ether oxygens (including phenoxy) is 2. The van der Waals surface area contributed by atoms with E-state index in [9.17, 15) is 8.78 Å². The van der Waals surface area contributed by atoms with E-state index in [1.165, 1.54) is 26.0 Å². The standard InChI is InChI=1S/C16H14ClF2N3O3S/c1-23-13-5-6-20-11(14(13)24-2)8-26-16-21-10-7-9(17)3-4-12(10)22(16)25-15(18)19/h3-7,15H,8H2,1-2H3. The summed E-state index contributed by atoms with van der Waals surface area (Å²) < 4.78 is 37.2. The second-order valence-electron chi connectivity index (χ2n) is 4.97. The van der Waals surface area contributed by atoms with Crippen molar-refractivity contribution < 1.29 is 23.1 Å². The highest BCUT2D eigenvalue weighted by Gasteiger charge is 2.18. The minimum Gasteiger partial charge on any atom is -0.493 e. The van der Waals surface area contributed by atoms with Gasteiger partial charge in [-0.2, -0.15) is 13.5 Å². The van der Waals surface area contributed by atoms with E-state index in [1.807, 2.05) is 0 Å². The van der Waals surface area contributed by atoms with Crippen molar-refractivity contribution in [3.8, 4) is 11.5 Å². The van der Waals surface area contributed by atoms with Gasteiger partial charge < -0.3 is 14.3 Å². The highest BCUT2D eigenvalue weighted by molar-refractivity contribution is 7.98. The molecule has 2 heterocycles. The first-order valence-electron chi connectivity index (χ1n) is 7.35. The molecule has 2 aromatic heterocycles. The third-order valence-electron chi connectivity index (χ3n) is 3.44. The Morgan fingerprint density at radius 1 is 1.23 bits per heavy atom. The molecule has 3 aromatic rings. The predicted molar refractivity (Wildman–Crippen MR) is 94.2 cm³/mol. The fourth-order valence-corrected chi connectivity index (χ4v) is 3.43. The Balaban J connectivity index is 1.94. The van der Waals surface area contributed by atoms with Crippen LogP contribution in [0.3, 0.4) is 0 Å². The van der Waals surface area contributed by atoms with Gasteiger partial charge in [-0.3, -0.25) is 4.98 Å². The van der Waals surface area contributed by atoms with Gasteiger partial charge in [0, 0.05) is 23.0 Å². The molecule has 0 unspecified atom stereocenters. The van der Waals surface area contributed by atoms with Crippen LogP contribution in [0.2, 0.25) is 5.02 Å². The summed E-state index contributed by atoms with van der Waals surface area (Å²) in [5, 5.41) is 0.695. The molecule has 1 aromatic carbocycles. The molecule has 0 spiro atoms. The van der Waals surface area contributed by atoms with Crippen molar-refractivity contribution in [1.82, 2.24) is 14.7 Å². The molecule has 6 nitrogen and oxygen atoms in total. The molecular weight excluding hydrogens is 388 g/mol. The lowest BCUT2D eigenvalue weighted by molar-refractivity contribution is -0.135. The van der Waals surface area contributed by atoms with Crippen LogP contribution in [0, 0.1) is 0 Å². The van der Waals surface area contributed by atoms with Crippen LogP contribution in [0.25, 0.3) is 11.0 Å². The molecule has 0 saturated heterocycles. The number of benzene rings is 1. The van der Waals surface area contributed by atoms with E-state index in [1.54, 1.807) is 30.5 Å². The second-order valence-corrected chi connectivity index (χ2v) is 6.35. The quantitative estimate of drug-likeness (QED) is 0.557. The summed E-state index contributed by atoms with van der Waals surface area (Å²) in [7, 11) is 3.03. The number of fused-ring (bicyclic) bond motifs is 1. The van der Waals surface area contributed by atoms with Crippen LogP contribution in [0.5, 0.6) is 11.5 Å². The molecule has 0 bridgehead atoms. The summed E-state index contributed by atoms with van der Waals surface area (Å²) in [4.78, 5) is 13.2. The molecule has 0 atom stereocenters. The van der Waals surface area contributed by atoms with Gasteiger partial charge in [0.05, 0.1) is 25.4 Å². The fraction of sp³-hybridized carbons (Fsp3) is 0.250. The molecule has 0 saturated carbocycles. The molecule has 0 aliphatic carbocycles. The number of rotatable bonds is 7. The van der Waals surface area contributed by atoms with Gasteiger partial charge in [-0.05, 0) is 18.2 Å². The van der Waals surface area contributed by atoms with Gasteiger partial charge in [-0.25, -0.2) is 4.98 Å². The number of nitrogens with zero attached hydrogens (tertiary/aromatic N) is 3. The second kappa shape index (κ2) is 7.96. The number of pyridine rings is 1. The molecule has 0 radical (unpaired) electrons. The van der Waals surface area contributed by atoms with E-state index >= 15 is 0 Å². The minimum absolute atomic E-state index is 0.245. The maximum Gasteiger partial charge on any atom is 0.405 e. The van der Waals surface area contributed by atoms with Crippen LogP contribution in [-0.4, -0.2) is 35.5 Å². The minimum atomic E-state index is -2.99. The molecule has 0 aliphatic rings.